The van der Waals surface area contributed by atoms with Crippen LogP contribution in [0, 0.1) is 17.5 Å². The molecule has 2 aromatic heterocycles. The standard InChI is InChI=1S/C23H15F3N6O5S/c24-11-1-3-17(15(25)7-11)31-22(34)14-10-29-23(38(35)36)32-21(14)30-12-2-4-19(16(26)8-12)37-13-5-6-28-18(9-13)20(27)33/h1-10H,(H2,27,33)(H,31,34)(H,35,36)(H,29,30,32). The summed E-state index contributed by atoms with van der Waals surface area (Å²) < 4.78 is 68.2. The molecule has 0 aliphatic carbocycles. The number of ether oxygens (including phenoxy) is 1. The summed E-state index contributed by atoms with van der Waals surface area (Å²) in [5.74, 6) is -4.97. The zero-order valence-electron chi connectivity index (χ0n) is 18.8. The molecule has 1 unspecified atom stereocenters. The largest absolute Gasteiger partial charge is 0.454 e. The van der Waals surface area contributed by atoms with Crippen molar-refractivity contribution in [2.45, 2.75) is 5.16 Å². The predicted molar refractivity (Wildman–Crippen MR) is 128 cm³/mol. The van der Waals surface area contributed by atoms with Gasteiger partial charge in [0.2, 0.25) is 16.2 Å². The summed E-state index contributed by atoms with van der Waals surface area (Å²) in [6.45, 7) is 0. The van der Waals surface area contributed by atoms with E-state index in [1.165, 1.54) is 30.5 Å². The van der Waals surface area contributed by atoms with E-state index in [0.29, 0.717) is 6.07 Å². The Morgan fingerprint density at radius 1 is 1.00 bits per heavy atom. The molecule has 38 heavy (non-hydrogen) atoms. The molecule has 0 saturated carbocycles. The van der Waals surface area contributed by atoms with E-state index in [1.54, 1.807) is 0 Å². The second-order valence-corrected chi connectivity index (χ2v) is 8.22. The summed E-state index contributed by atoms with van der Waals surface area (Å²) in [7, 11) is 0. The summed E-state index contributed by atoms with van der Waals surface area (Å²) in [6.07, 6.45) is 2.16. The van der Waals surface area contributed by atoms with Crippen molar-refractivity contribution in [2.75, 3.05) is 10.6 Å². The Morgan fingerprint density at radius 2 is 1.79 bits per heavy atom. The molecule has 1 atom stereocenters. The van der Waals surface area contributed by atoms with Crippen LogP contribution in [0.1, 0.15) is 20.8 Å². The molecule has 2 amide bonds. The summed E-state index contributed by atoms with van der Waals surface area (Å²) in [6, 6.07) is 8.64. The minimum Gasteiger partial charge on any atom is -0.454 e. The van der Waals surface area contributed by atoms with Crippen molar-refractivity contribution in [2.24, 2.45) is 5.73 Å². The fraction of sp³-hybridized carbons (Fsp3) is 0. The first-order chi connectivity index (χ1) is 18.1. The molecule has 4 aromatic rings. The third-order valence-corrected chi connectivity index (χ3v) is 5.26. The monoisotopic (exact) mass is 544 g/mol. The Balaban J connectivity index is 1.60. The van der Waals surface area contributed by atoms with Gasteiger partial charge in [0, 0.05) is 36.3 Å². The normalized spacial score (nSPS) is 11.5. The first-order valence-electron chi connectivity index (χ1n) is 10.4. The quantitative estimate of drug-likeness (QED) is 0.191. The fourth-order valence-corrected chi connectivity index (χ4v) is 3.34. The van der Waals surface area contributed by atoms with Crippen molar-refractivity contribution >= 4 is 40.1 Å². The number of rotatable bonds is 8. The molecular formula is C23H15F3N6O5S. The third-order valence-electron chi connectivity index (χ3n) is 4.75. The molecule has 2 aromatic carbocycles. The lowest BCUT2D eigenvalue weighted by molar-refractivity contribution is 0.0993. The Morgan fingerprint density at radius 3 is 2.47 bits per heavy atom. The van der Waals surface area contributed by atoms with Crippen LogP contribution in [-0.2, 0) is 11.1 Å². The summed E-state index contributed by atoms with van der Waals surface area (Å²) in [4.78, 5) is 35.3. The number of amides is 2. The molecular weight excluding hydrogens is 529 g/mol. The Kier molecular flexibility index (Phi) is 7.59. The van der Waals surface area contributed by atoms with Gasteiger partial charge < -0.3 is 21.1 Å². The van der Waals surface area contributed by atoms with Crippen LogP contribution in [0.2, 0.25) is 0 Å². The number of halogens is 3. The third kappa shape index (κ3) is 6.08. The molecule has 4 rings (SSSR count). The van der Waals surface area contributed by atoms with Gasteiger partial charge in [-0.25, -0.2) is 27.3 Å². The average molecular weight is 544 g/mol. The van der Waals surface area contributed by atoms with Crippen LogP contribution in [0.5, 0.6) is 11.5 Å². The van der Waals surface area contributed by atoms with E-state index < -0.39 is 45.5 Å². The number of nitrogens with two attached hydrogens (primary N) is 1. The van der Waals surface area contributed by atoms with E-state index in [4.69, 9.17) is 10.5 Å². The summed E-state index contributed by atoms with van der Waals surface area (Å²) in [5.41, 5.74) is 4.47. The minimum absolute atomic E-state index is 0.0396. The van der Waals surface area contributed by atoms with Gasteiger partial charge in [0.25, 0.3) is 11.8 Å². The number of carbonyl (C=O) groups is 2. The van der Waals surface area contributed by atoms with Crippen molar-refractivity contribution in [3.05, 3.63) is 89.6 Å². The minimum atomic E-state index is -2.63. The maximum Gasteiger partial charge on any atom is 0.267 e. The highest BCUT2D eigenvalue weighted by atomic mass is 32.2. The Bertz CT molecular complexity index is 1590. The molecule has 0 fully saturated rings. The second-order valence-electron chi connectivity index (χ2n) is 7.36. The van der Waals surface area contributed by atoms with E-state index in [0.717, 1.165) is 24.4 Å². The topological polar surface area (TPSA) is 169 Å². The lowest BCUT2D eigenvalue weighted by atomic mass is 10.2. The molecule has 0 saturated heterocycles. The van der Waals surface area contributed by atoms with Gasteiger partial charge in [0.1, 0.15) is 34.5 Å². The van der Waals surface area contributed by atoms with Crippen molar-refractivity contribution in [1.82, 2.24) is 15.0 Å². The fourth-order valence-electron chi connectivity index (χ4n) is 3.03. The van der Waals surface area contributed by atoms with Crippen LogP contribution in [-0.4, -0.2) is 35.5 Å². The number of aromatic nitrogens is 3. The zero-order chi connectivity index (χ0) is 27.4. The number of nitrogens with one attached hydrogen (secondary N) is 2. The number of carbonyl (C=O) groups excluding carboxylic acids is 2. The van der Waals surface area contributed by atoms with Crippen LogP contribution in [0.4, 0.5) is 30.4 Å². The Hall–Kier alpha value is -4.89. The number of benzene rings is 2. The number of hydrogen-bond acceptors (Lipinski definition) is 8. The van der Waals surface area contributed by atoms with Crippen LogP contribution in [0.25, 0.3) is 0 Å². The maximum atomic E-state index is 14.8. The maximum absolute atomic E-state index is 14.8. The molecule has 15 heteroatoms. The van der Waals surface area contributed by atoms with E-state index in [-0.39, 0.29) is 39.9 Å². The molecule has 5 N–H and O–H groups in total. The van der Waals surface area contributed by atoms with Gasteiger partial charge in [-0.2, -0.15) is 0 Å². The van der Waals surface area contributed by atoms with Gasteiger partial charge in [-0.1, -0.05) is 0 Å². The highest BCUT2D eigenvalue weighted by molar-refractivity contribution is 7.79. The first-order valence-corrected chi connectivity index (χ1v) is 11.5. The van der Waals surface area contributed by atoms with E-state index >= 15 is 0 Å². The number of pyridine rings is 1. The average Bonchev–Trinajstić information content (AvgIpc) is 2.87. The van der Waals surface area contributed by atoms with Gasteiger partial charge >= 0.3 is 0 Å². The molecule has 0 aliphatic rings. The molecule has 0 aliphatic heterocycles. The van der Waals surface area contributed by atoms with E-state index in [1.807, 2.05) is 0 Å². The second kappa shape index (κ2) is 11.0. The lowest BCUT2D eigenvalue weighted by Gasteiger charge is -2.13. The van der Waals surface area contributed by atoms with Crippen LogP contribution in [0.3, 0.4) is 0 Å². The summed E-state index contributed by atoms with van der Waals surface area (Å²) in [5, 5.41) is 4.28. The lowest BCUT2D eigenvalue weighted by Crippen LogP contribution is -2.17. The number of nitrogens with zero attached hydrogens (tertiary/aromatic N) is 3. The van der Waals surface area contributed by atoms with Gasteiger partial charge in [-0.05, 0) is 30.3 Å². The van der Waals surface area contributed by atoms with Crippen molar-refractivity contribution in [3.8, 4) is 11.5 Å². The van der Waals surface area contributed by atoms with E-state index in [9.17, 15) is 31.5 Å². The summed E-state index contributed by atoms with van der Waals surface area (Å²) >= 11 is -2.63. The smallest absolute Gasteiger partial charge is 0.267 e. The van der Waals surface area contributed by atoms with Gasteiger partial charge in [0.05, 0.1) is 5.69 Å². The Labute approximate surface area is 214 Å². The number of hydrogen-bond donors (Lipinski definition) is 4. The highest BCUT2D eigenvalue weighted by Crippen LogP contribution is 2.29. The van der Waals surface area contributed by atoms with Crippen molar-refractivity contribution in [3.63, 3.8) is 0 Å². The van der Waals surface area contributed by atoms with E-state index in [2.05, 4.69) is 25.6 Å². The number of anilines is 3. The molecule has 0 bridgehead atoms. The van der Waals surface area contributed by atoms with Crippen molar-refractivity contribution in [1.29, 1.82) is 0 Å². The van der Waals surface area contributed by atoms with Crippen LogP contribution >= 0.6 is 0 Å². The molecule has 0 radical (unpaired) electrons. The van der Waals surface area contributed by atoms with Crippen molar-refractivity contribution < 1.29 is 36.3 Å². The molecule has 0 spiro atoms. The predicted octanol–water partition coefficient (Wildman–Crippen LogP) is 3.76. The van der Waals surface area contributed by atoms with Gasteiger partial charge in [0.15, 0.2) is 11.6 Å². The SMILES string of the molecule is NC(=O)c1cc(Oc2ccc(Nc3nc(S(=O)O)ncc3C(=O)Nc3ccc(F)cc3F)cc2F)ccn1. The van der Waals surface area contributed by atoms with Gasteiger partial charge in [-0.15, -0.1) is 0 Å². The highest BCUT2D eigenvalue weighted by Gasteiger charge is 2.19. The number of primary amides is 1. The molecule has 2 heterocycles. The van der Waals surface area contributed by atoms with Gasteiger partial charge in [-0.3, -0.25) is 19.1 Å². The van der Waals surface area contributed by atoms with Crippen LogP contribution in [0.15, 0.2) is 66.1 Å². The first kappa shape index (κ1) is 26.2. The molecule has 11 nitrogen and oxygen atoms in total. The molecule has 194 valence electrons. The zero-order valence-corrected chi connectivity index (χ0v) is 19.6. The van der Waals surface area contributed by atoms with Crippen LogP contribution < -0.4 is 21.1 Å².